The van der Waals surface area contributed by atoms with Crippen LogP contribution in [0.25, 0.3) is 0 Å². The van der Waals surface area contributed by atoms with Crippen LogP contribution in [0.4, 0.5) is 0 Å². The van der Waals surface area contributed by atoms with Crippen LogP contribution in [0, 0.1) is 0 Å². The molecule has 0 heterocycles. The van der Waals surface area contributed by atoms with Crippen molar-refractivity contribution in [3.05, 3.63) is 29.8 Å². The van der Waals surface area contributed by atoms with E-state index in [1.165, 1.54) is 5.56 Å². The van der Waals surface area contributed by atoms with Gasteiger partial charge in [-0.1, -0.05) is 32.9 Å². The molecule has 0 aromatic heterocycles. The molecule has 1 unspecified atom stereocenters. The van der Waals surface area contributed by atoms with E-state index >= 15 is 0 Å². The summed E-state index contributed by atoms with van der Waals surface area (Å²) in [4.78, 5) is 0. The van der Waals surface area contributed by atoms with Crippen molar-refractivity contribution in [2.75, 3.05) is 6.54 Å². The third-order valence-electron chi connectivity index (χ3n) is 3.67. The molecule has 2 nitrogen and oxygen atoms in total. The van der Waals surface area contributed by atoms with Gasteiger partial charge in [-0.3, -0.25) is 0 Å². The standard InChI is InChI=1S/C16H27NO/c1-5-16(3,4)14-8-10-15(11-9-14)18-13(2)7-6-12-17/h8-11,13H,5-7,12,17H2,1-4H3. The zero-order valence-corrected chi connectivity index (χ0v) is 12.2. The normalized spacial score (nSPS) is 13.4. The van der Waals surface area contributed by atoms with E-state index in [1.807, 2.05) is 0 Å². The van der Waals surface area contributed by atoms with Crippen LogP contribution in [0.1, 0.15) is 52.5 Å². The Morgan fingerprint density at radius 3 is 2.33 bits per heavy atom. The van der Waals surface area contributed by atoms with Gasteiger partial charge in [0.1, 0.15) is 5.75 Å². The van der Waals surface area contributed by atoms with Crippen LogP contribution >= 0.6 is 0 Å². The quantitative estimate of drug-likeness (QED) is 0.796. The van der Waals surface area contributed by atoms with Crippen LogP contribution in [0.15, 0.2) is 24.3 Å². The average molecular weight is 249 g/mol. The van der Waals surface area contributed by atoms with E-state index in [4.69, 9.17) is 10.5 Å². The van der Waals surface area contributed by atoms with Gasteiger partial charge in [0, 0.05) is 0 Å². The van der Waals surface area contributed by atoms with Crippen LogP contribution in [0.2, 0.25) is 0 Å². The SMILES string of the molecule is CCC(C)(C)c1ccc(OC(C)CCCN)cc1. The minimum atomic E-state index is 0.235. The summed E-state index contributed by atoms with van der Waals surface area (Å²) in [6.07, 6.45) is 3.40. The summed E-state index contributed by atoms with van der Waals surface area (Å²) in [6.45, 7) is 9.59. The Morgan fingerprint density at radius 1 is 1.22 bits per heavy atom. The van der Waals surface area contributed by atoms with Crippen LogP contribution in [-0.4, -0.2) is 12.6 Å². The first-order valence-corrected chi connectivity index (χ1v) is 6.97. The maximum Gasteiger partial charge on any atom is 0.119 e. The second-order valence-electron chi connectivity index (χ2n) is 5.62. The Labute approximate surface area is 112 Å². The van der Waals surface area contributed by atoms with Gasteiger partial charge in [0.15, 0.2) is 0 Å². The number of nitrogens with two attached hydrogens (primary N) is 1. The highest BCUT2D eigenvalue weighted by Crippen LogP contribution is 2.28. The zero-order chi connectivity index (χ0) is 13.6. The molecule has 2 heteroatoms. The highest BCUT2D eigenvalue weighted by Gasteiger charge is 2.17. The highest BCUT2D eigenvalue weighted by atomic mass is 16.5. The Balaban J connectivity index is 2.60. The van der Waals surface area contributed by atoms with Crippen molar-refractivity contribution >= 4 is 0 Å². The first kappa shape index (κ1) is 15.0. The molecule has 2 N–H and O–H groups in total. The molecule has 1 aromatic rings. The van der Waals surface area contributed by atoms with E-state index in [-0.39, 0.29) is 11.5 Å². The molecule has 0 saturated carbocycles. The van der Waals surface area contributed by atoms with Gasteiger partial charge in [0.2, 0.25) is 0 Å². The summed E-state index contributed by atoms with van der Waals surface area (Å²) < 4.78 is 5.86. The number of benzene rings is 1. The molecule has 1 atom stereocenters. The fourth-order valence-corrected chi connectivity index (χ4v) is 1.89. The van der Waals surface area contributed by atoms with Gasteiger partial charge in [0.05, 0.1) is 6.10 Å². The smallest absolute Gasteiger partial charge is 0.119 e. The molecule has 1 aromatic carbocycles. The highest BCUT2D eigenvalue weighted by molar-refractivity contribution is 5.31. The Morgan fingerprint density at radius 2 is 1.83 bits per heavy atom. The van der Waals surface area contributed by atoms with Gasteiger partial charge >= 0.3 is 0 Å². The Bertz CT molecular complexity index is 343. The Hall–Kier alpha value is -1.02. The van der Waals surface area contributed by atoms with E-state index in [0.717, 1.165) is 31.6 Å². The van der Waals surface area contributed by atoms with Gasteiger partial charge in [-0.15, -0.1) is 0 Å². The van der Waals surface area contributed by atoms with Crippen LogP contribution < -0.4 is 10.5 Å². The van der Waals surface area contributed by atoms with Crippen molar-refractivity contribution in [2.24, 2.45) is 5.73 Å². The van der Waals surface area contributed by atoms with Crippen LogP contribution in [0.3, 0.4) is 0 Å². The molecule has 0 fully saturated rings. The predicted molar refractivity (Wildman–Crippen MR) is 78.1 cm³/mol. The van der Waals surface area contributed by atoms with E-state index in [2.05, 4.69) is 52.0 Å². The van der Waals surface area contributed by atoms with Crippen molar-refractivity contribution in [3.63, 3.8) is 0 Å². The fraction of sp³-hybridized carbons (Fsp3) is 0.625. The first-order chi connectivity index (χ1) is 8.49. The van der Waals surface area contributed by atoms with Gasteiger partial charge < -0.3 is 10.5 Å². The van der Waals surface area contributed by atoms with Crippen molar-refractivity contribution in [1.29, 1.82) is 0 Å². The van der Waals surface area contributed by atoms with Gasteiger partial charge in [-0.25, -0.2) is 0 Å². The van der Waals surface area contributed by atoms with Gasteiger partial charge in [0.25, 0.3) is 0 Å². The number of hydrogen-bond acceptors (Lipinski definition) is 2. The molecule has 0 amide bonds. The molecular formula is C16H27NO. The van der Waals surface area contributed by atoms with Gasteiger partial charge in [-0.05, 0) is 55.8 Å². The summed E-state index contributed by atoms with van der Waals surface area (Å²) in [5.74, 6) is 0.954. The van der Waals surface area contributed by atoms with Crippen molar-refractivity contribution in [3.8, 4) is 5.75 Å². The third-order valence-corrected chi connectivity index (χ3v) is 3.67. The molecule has 1 rings (SSSR count). The molecule has 0 bridgehead atoms. The second kappa shape index (κ2) is 6.79. The van der Waals surface area contributed by atoms with E-state index < -0.39 is 0 Å². The molecule has 102 valence electrons. The van der Waals surface area contributed by atoms with Crippen molar-refractivity contribution in [2.45, 2.75) is 58.5 Å². The molecule has 0 aliphatic carbocycles. The van der Waals surface area contributed by atoms with E-state index in [1.54, 1.807) is 0 Å². The maximum atomic E-state index is 5.86. The summed E-state index contributed by atoms with van der Waals surface area (Å²) in [5, 5.41) is 0. The topological polar surface area (TPSA) is 35.2 Å². The molecule has 0 saturated heterocycles. The number of ether oxygens (including phenoxy) is 1. The maximum absolute atomic E-state index is 5.86. The molecule has 0 spiro atoms. The lowest BCUT2D eigenvalue weighted by molar-refractivity contribution is 0.208. The zero-order valence-electron chi connectivity index (χ0n) is 12.2. The third kappa shape index (κ3) is 4.34. The van der Waals surface area contributed by atoms with Crippen molar-refractivity contribution < 1.29 is 4.74 Å². The monoisotopic (exact) mass is 249 g/mol. The van der Waals surface area contributed by atoms with E-state index in [0.29, 0.717) is 0 Å². The van der Waals surface area contributed by atoms with Crippen LogP contribution in [0.5, 0.6) is 5.75 Å². The van der Waals surface area contributed by atoms with Crippen molar-refractivity contribution in [1.82, 2.24) is 0 Å². The lowest BCUT2D eigenvalue weighted by Gasteiger charge is -2.23. The first-order valence-electron chi connectivity index (χ1n) is 6.97. The molecule has 0 aliphatic heterocycles. The van der Waals surface area contributed by atoms with Crippen LogP contribution in [-0.2, 0) is 5.41 Å². The Kier molecular flexibility index (Phi) is 5.67. The molecule has 0 radical (unpaired) electrons. The van der Waals surface area contributed by atoms with Gasteiger partial charge in [-0.2, -0.15) is 0 Å². The summed E-state index contributed by atoms with van der Waals surface area (Å²) in [7, 11) is 0. The fourth-order valence-electron chi connectivity index (χ4n) is 1.89. The summed E-state index contributed by atoms with van der Waals surface area (Å²) in [6, 6.07) is 8.50. The lowest BCUT2D eigenvalue weighted by Crippen LogP contribution is -2.16. The second-order valence-corrected chi connectivity index (χ2v) is 5.62. The minimum Gasteiger partial charge on any atom is -0.491 e. The summed E-state index contributed by atoms with van der Waals surface area (Å²) in [5.41, 5.74) is 7.11. The van der Waals surface area contributed by atoms with E-state index in [9.17, 15) is 0 Å². The molecular weight excluding hydrogens is 222 g/mol. The molecule has 0 aliphatic rings. The minimum absolute atomic E-state index is 0.235. The number of rotatable bonds is 7. The lowest BCUT2D eigenvalue weighted by atomic mass is 9.82. The summed E-state index contributed by atoms with van der Waals surface area (Å²) >= 11 is 0. The molecule has 18 heavy (non-hydrogen) atoms. The average Bonchev–Trinajstić information content (AvgIpc) is 2.37. The predicted octanol–water partition coefficient (Wildman–Crippen LogP) is 3.88. The number of hydrogen-bond donors (Lipinski definition) is 1. The largest absolute Gasteiger partial charge is 0.491 e.